The minimum Gasteiger partial charge on any atom is -0.480 e. The van der Waals surface area contributed by atoms with Gasteiger partial charge in [-0.3, -0.25) is 9.69 Å². The van der Waals surface area contributed by atoms with E-state index in [0.29, 0.717) is 13.2 Å². The first kappa shape index (κ1) is 11.2. The Labute approximate surface area is 81.7 Å². The molecule has 0 atom stereocenters. The summed E-state index contributed by atoms with van der Waals surface area (Å²) in [5, 5.41) is 8.38. The van der Waals surface area contributed by atoms with Crippen molar-refractivity contribution in [2.24, 2.45) is 0 Å². The van der Waals surface area contributed by atoms with Crippen LogP contribution in [-0.4, -0.2) is 71.9 Å². The van der Waals surface area contributed by atoms with E-state index in [1.54, 1.807) is 0 Å². The quantitative estimate of drug-likeness (QED) is 0.513. The van der Waals surface area contributed by atoms with Crippen molar-refractivity contribution in [1.82, 2.24) is 4.90 Å². The van der Waals surface area contributed by atoms with Crippen molar-refractivity contribution in [2.75, 3.05) is 32.8 Å². The summed E-state index contributed by atoms with van der Waals surface area (Å²) in [6, 6.07) is 0. The van der Waals surface area contributed by atoms with Gasteiger partial charge >= 0.3 is 29.0 Å². The molecule has 0 aliphatic carbocycles. The molecular formula is C6H13MgNO3. The molecule has 62 valence electrons. The Bertz CT molecular complexity index is 125. The molecule has 1 aliphatic heterocycles. The van der Waals surface area contributed by atoms with Crippen LogP contribution in [0.25, 0.3) is 0 Å². The first-order valence-corrected chi connectivity index (χ1v) is 3.31. The van der Waals surface area contributed by atoms with Crippen LogP contribution in [-0.2, 0) is 9.53 Å². The van der Waals surface area contributed by atoms with E-state index in [-0.39, 0.29) is 29.6 Å². The van der Waals surface area contributed by atoms with E-state index in [1.165, 1.54) is 0 Å². The standard InChI is InChI=1S/C6H11NO3.Mg.2H/c8-6(9)5-7-1-3-10-4-2-7;;;/h1-5H2,(H,8,9);;;. The molecule has 0 radical (unpaired) electrons. The van der Waals surface area contributed by atoms with Crippen molar-refractivity contribution < 1.29 is 14.6 Å². The number of hydrogen-bond acceptors (Lipinski definition) is 3. The van der Waals surface area contributed by atoms with Crippen molar-refractivity contribution in [2.45, 2.75) is 0 Å². The summed E-state index contributed by atoms with van der Waals surface area (Å²) in [4.78, 5) is 12.1. The predicted octanol–water partition coefficient (Wildman–Crippen LogP) is -1.51. The smallest absolute Gasteiger partial charge is 0.317 e. The fraction of sp³-hybridized carbons (Fsp3) is 0.833. The molecule has 1 aliphatic rings. The molecule has 1 rings (SSSR count). The Morgan fingerprint density at radius 2 is 2.00 bits per heavy atom. The average molecular weight is 171 g/mol. The second kappa shape index (κ2) is 5.76. The van der Waals surface area contributed by atoms with Crippen LogP contribution in [0.15, 0.2) is 0 Å². The van der Waals surface area contributed by atoms with Crippen molar-refractivity contribution in [1.29, 1.82) is 0 Å². The molecule has 1 N–H and O–H groups in total. The van der Waals surface area contributed by atoms with Gasteiger partial charge in [0.05, 0.1) is 19.8 Å². The number of aliphatic carboxylic acids is 1. The monoisotopic (exact) mass is 171 g/mol. The summed E-state index contributed by atoms with van der Waals surface area (Å²) in [7, 11) is 0. The molecule has 0 aromatic carbocycles. The molecule has 0 aromatic rings. The largest absolute Gasteiger partial charge is 0.480 e. The van der Waals surface area contributed by atoms with E-state index >= 15 is 0 Å². The molecule has 4 nitrogen and oxygen atoms in total. The van der Waals surface area contributed by atoms with E-state index in [1.807, 2.05) is 4.90 Å². The number of carboxylic acid groups (broad SMARTS) is 1. The minimum atomic E-state index is -0.762. The molecule has 0 unspecified atom stereocenters. The van der Waals surface area contributed by atoms with Gasteiger partial charge in [-0.2, -0.15) is 0 Å². The number of hydrogen-bond donors (Lipinski definition) is 1. The third kappa shape index (κ3) is 4.57. The number of ether oxygens (including phenoxy) is 1. The molecule has 1 fully saturated rings. The zero-order valence-electron chi connectivity index (χ0n) is 5.75. The van der Waals surface area contributed by atoms with Gasteiger partial charge in [-0.05, 0) is 0 Å². The Morgan fingerprint density at radius 1 is 1.45 bits per heavy atom. The topological polar surface area (TPSA) is 49.8 Å². The number of rotatable bonds is 2. The number of morpholine rings is 1. The lowest BCUT2D eigenvalue weighted by Crippen LogP contribution is -2.39. The lowest BCUT2D eigenvalue weighted by molar-refractivity contribution is -0.139. The summed E-state index contributed by atoms with van der Waals surface area (Å²) >= 11 is 0. The Kier molecular flexibility index (Phi) is 5.84. The number of carboxylic acids is 1. The Hall–Kier alpha value is 0.156. The molecule has 11 heavy (non-hydrogen) atoms. The van der Waals surface area contributed by atoms with Crippen LogP contribution in [0, 0.1) is 0 Å². The van der Waals surface area contributed by atoms with Gasteiger partial charge in [0.1, 0.15) is 0 Å². The summed E-state index contributed by atoms with van der Waals surface area (Å²) in [6.45, 7) is 2.95. The highest BCUT2D eigenvalue weighted by Gasteiger charge is 2.12. The second-order valence-electron chi connectivity index (χ2n) is 2.28. The van der Waals surface area contributed by atoms with Crippen LogP contribution in [0.3, 0.4) is 0 Å². The Balaban J connectivity index is 0.000001000. The third-order valence-electron chi connectivity index (χ3n) is 1.46. The van der Waals surface area contributed by atoms with E-state index < -0.39 is 5.97 Å². The highest BCUT2D eigenvalue weighted by Crippen LogP contribution is 1.94. The maximum absolute atomic E-state index is 10.2. The van der Waals surface area contributed by atoms with Crippen molar-refractivity contribution in [3.63, 3.8) is 0 Å². The molecular weight excluding hydrogens is 158 g/mol. The molecule has 0 amide bonds. The lowest BCUT2D eigenvalue weighted by Gasteiger charge is -2.24. The molecule has 0 bridgehead atoms. The molecule has 0 saturated carbocycles. The summed E-state index contributed by atoms with van der Waals surface area (Å²) < 4.78 is 5.05. The maximum Gasteiger partial charge on any atom is 0.317 e. The summed E-state index contributed by atoms with van der Waals surface area (Å²) in [6.07, 6.45) is 0. The van der Waals surface area contributed by atoms with Crippen LogP contribution in [0.1, 0.15) is 0 Å². The number of nitrogens with zero attached hydrogens (tertiary/aromatic N) is 1. The van der Waals surface area contributed by atoms with Gasteiger partial charge in [0.2, 0.25) is 0 Å². The average Bonchev–Trinajstić information content (AvgIpc) is 1.88. The van der Waals surface area contributed by atoms with Crippen LogP contribution < -0.4 is 0 Å². The molecule has 1 heterocycles. The van der Waals surface area contributed by atoms with Gasteiger partial charge in [-0.25, -0.2) is 0 Å². The first-order valence-electron chi connectivity index (χ1n) is 3.31. The predicted molar refractivity (Wildman–Crippen MR) is 43.4 cm³/mol. The van der Waals surface area contributed by atoms with Crippen molar-refractivity contribution >= 4 is 29.0 Å². The molecule has 0 aromatic heterocycles. The van der Waals surface area contributed by atoms with E-state index in [9.17, 15) is 4.79 Å². The van der Waals surface area contributed by atoms with Gasteiger partial charge in [0.15, 0.2) is 0 Å². The first-order chi connectivity index (χ1) is 4.79. The summed E-state index contributed by atoms with van der Waals surface area (Å²) in [5.41, 5.74) is 0. The SMILES string of the molecule is O=C(O)CN1CCOCC1.[MgH2]. The zero-order chi connectivity index (χ0) is 7.40. The normalized spacial score (nSPS) is 18.9. The van der Waals surface area contributed by atoms with Crippen LogP contribution in [0.5, 0.6) is 0 Å². The van der Waals surface area contributed by atoms with Gasteiger partial charge in [0.25, 0.3) is 0 Å². The fourth-order valence-electron chi connectivity index (χ4n) is 0.951. The third-order valence-corrected chi connectivity index (χ3v) is 1.46. The van der Waals surface area contributed by atoms with Crippen molar-refractivity contribution in [3.8, 4) is 0 Å². The van der Waals surface area contributed by atoms with Gasteiger partial charge in [-0.1, -0.05) is 0 Å². The Morgan fingerprint density at radius 3 is 2.45 bits per heavy atom. The van der Waals surface area contributed by atoms with E-state index in [0.717, 1.165) is 13.1 Å². The highest BCUT2D eigenvalue weighted by atomic mass is 24.3. The van der Waals surface area contributed by atoms with Gasteiger partial charge in [0, 0.05) is 13.1 Å². The molecule has 5 heteroatoms. The number of carbonyl (C=O) groups is 1. The van der Waals surface area contributed by atoms with Gasteiger partial charge < -0.3 is 9.84 Å². The minimum absolute atomic E-state index is 0. The second-order valence-corrected chi connectivity index (χ2v) is 2.28. The van der Waals surface area contributed by atoms with Crippen LogP contribution >= 0.6 is 0 Å². The van der Waals surface area contributed by atoms with Crippen LogP contribution in [0.2, 0.25) is 0 Å². The molecule has 1 saturated heterocycles. The van der Waals surface area contributed by atoms with E-state index in [2.05, 4.69) is 0 Å². The van der Waals surface area contributed by atoms with Crippen molar-refractivity contribution in [3.05, 3.63) is 0 Å². The maximum atomic E-state index is 10.2. The zero-order valence-corrected chi connectivity index (χ0v) is 5.75. The molecule has 0 spiro atoms. The fourth-order valence-corrected chi connectivity index (χ4v) is 0.951. The van der Waals surface area contributed by atoms with Crippen LogP contribution in [0.4, 0.5) is 0 Å². The lowest BCUT2D eigenvalue weighted by atomic mass is 10.4. The summed E-state index contributed by atoms with van der Waals surface area (Å²) in [5.74, 6) is -0.762. The highest BCUT2D eigenvalue weighted by molar-refractivity contribution is 5.75. The van der Waals surface area contributed by atoms with E-state index in [4.69, 9.17) is 9.84 Å². The van der Waals surface area contributed by atoms with Gasteiger partial charge in [-0.15, -0.1) is 0 Å².